The molecule has 0 unspecified atom stereocenters. The van der Waals surface area contributed by atoms with Gasteiger partial charge in [-0.15, -0.1) is 0 Å². The monoisotopic (exact) mass is 280 g/mol. The van der Waals surface area contributed by atoms with Crippen molar-refractivity contribution >= 4 is 12.1 Å². The summed E-state index contributed by atoms with van der Waals surface area (Å²) in [5.74, 6) is -0.421. The molecule has 6 heteroatoms. The maximum Gasteiger partial charge on any atom is 0.408 e. The molecule has 20 heavy (non-hydrogen) atoms. The number of methoxy groups -OCH3 is 1. The Morgan fingerprint density at radius 1 is 1.40 bits per heavy atom. The zero-order chi connectivity index (χ0) is 15.2. The van der Waals surface area contributed by atoms with Crippen molar-refractivity contribution in [1.82, 2.24) is 10.3 Å². The number of esters is 1. The molecule has 0 aliphatic heterocycles. The second-order valence-corrected chi connectivity index (χ2v) is 5.27. The topological polar surface area (TPSA) is 77.5 Å². The molecule has 0 saturated carbocycles. The maximum atomic E-state index is 11.8. The molecule has 0 aliphatic rings. The summed E-state index contributed by atoms with van der Waals surface area (Å²) >= 11 is 0. The van der Waals surface area contributed by atoms with E-state index in [1.807, 2.05) is 0 Å². The lowest BCUT2D eigenvalue weighted by Gasteiger charge is -2.23. The zero-order valence-corrected chi connectivity index (χ0v) is 12.2. The van der Waals surface area contributed by atoms with Crippen molar-refractivity contribution in [2.45, 2.75) is 38.8 Å². The summed E-state index contributed by atoms with van der Waals surface area (Å²) in [6.07, 6.45) is 2.63. The lowest BCUT2D eigenvalue weighted by atomic mass is 10.1. The molecular weight excluding hydrogens is 260 g/mol. The quantitative estimate of drug-likeness (QED) is 0.856. The highest BCUT2D eigenvalue weighted by molar-refractivity contribution is 5.73. The lowest BCUT2D eigenvalue weighted by molar-refractivity contribution is -0.141. The maximum absolute atomic E-state index is 11.8. The summed E-state index contributed by atoms with van der Waals surface area (Å²) in [5.41, 5.74) is 0.109. The van der Waals surface area contributed by atoms with Gasteiger partial charge in [-0.1, -0.05) is 6.07 Å². The number of rotatable bonds is 4. The molecule has 0 radical (unpaired) electrons. The van der Waals surface area contributed by atoms with Crippen molar-refractivity contribution in [2.75, 3.05) is 7.11 Å². The van der Waals surface area contributed by atoms with Gasteiger partial charge in [0.25, 0.3) is 0 Å². The summed E-state index contributed by atoms with van der Waals surface area (Å²) in [7, 11) is 1.30. The van der Waals surface area contributed by atoms with E-state index in [4.69, 9.17) is 4.74 Å². The van der Waals surface area contributed by atoms with E-state index < -0.39 is 23.7 Å². The summed E-state index contributed by atoms with van der Waals surface area (Å²) in [6, 6.07) is 2.97. The molecule has 1 aromatic heterocycles. The number of nitrogens with one attached hydrogen (secondary N) is 1. The molecule has 1 heterocycles. The smallest absolute Gasteiger partial charge is 0.408 e. The van der Waals surface area contributed by atoms with E-state index >= 15 is 0 Å². The molecule has 0 bridgehead atoms. The largest absolute Gasteiger partial charge is 0.469 e. The highest BCUT2D eigenvalue weighted by Gasteiger charge is 2.22. The van der Waals surface area contributed by atoms with Crippen LogP contribution in [0.4, 0.5) is 4.79 Å². The second kappa shape index (κ2) is 6.88. The minimum absolute atomic E-state index is 0.0153. The molecular formula is C14H20N2O4. The number of alkyl carbamates (subject to hydrolysis) is 1. The van der Waals surface area contributed by atoms with Gasteiger partial charge in [0.2, 0.25) is 0 Å². The number of ether oxygens (including phenoxy) is 2. The first kappa shape index (κ1) is 15.9. The number of carbonyl (C=O) groups excluding carboxylic acids is 2. The van der Waals surface area contributed by atoms with Gasteiger partial charge < -0.3 is 14.8 Å². The first-order valence-corrected chi connectivity index (χ1v) is 6.28. The van der Waals surface area contributed by atoms with Crippen molar-refractivity contribution in [3.8, 4) is 0 Å². The number of aromatic nitrogens is 1. The van der Waals surface area contributed by atoms with Crippen molar-refractivity contribution in [1.29, 1.82) is 0 Å². The first-order valence-electron chi connectivity index (χ1n) is 6.28. The average molecular weight is 280 g/mol. The molecule has 110 valence electrons. The van der Waals surface area contributed by atoms with Gasteiger partial charge in [0.05, 0.1) is 19.6 Å². The Morgan fingerprint density at radius 2 is 2.10 bits per heavy atom. The first-order chi connectivity index (χ1) is 9.31. The van der Waals surface area contributed by atoms with Crippen LogP contribution in [0.5, 0.6) is 0 Å². The van der Waals surface area contributed by atoms with Crippen LogP contribution < -0.4 is 5.32 Å². The summed E-state index contributed by atoms with van der Waals surface area (Å²) in [6.45, 7) is 5.31. The summed E-state index contributed by atoms with van der Waals surface area (Å²) < 4.78 is 9.82. The molecule has 0 aromatic carbocycles. The number of nitrogens with zero attached hydrogens (tertiary/aromatic N) is 1. The van der Waals surface area contributed by atoms with Crippen LogP contribution in [0, 0.1) is 0 Å². The number of pyridine rings is 1. The van der Waals surface area contributed by atoms with E-state index in [9.17, 15) is 9.59 Å². The Balaban J connectivity index is 2.78. The molecule has 1 N–H and O–H groups in total. The molecule has 1 aromatic rings. The fraction of sp³-hybridized carbons (Fsp3) is 0.500. The van der Waals surface area contributed by atoms with Gasteiger partial charge in [-0.05, 0) is 32.4 Å². The van der Waals surface area contributed by atoms with Crippen molar-refractivity contribution in [2.24, 2.45) is 0 Å². The standard InChI is InChI=1S/C14H20N2O4/c1-14(2,3)20-13(18)16-11(8-12(17)19-4)10-6-5-7-15-9-10/h5-7,9,11H,8H2,1-4H3,(H,16,18)/t11-/m0/s1. The van der Waals surface area contributed by atoms with Crippen LogP contribution in [0.25, 0.3) is 0 Å². The predicted octanol–water partition coefficient (Wildman–Crippen LogP) is 2.21. The molecule has 1 atom stereocenters. The summed E-state index contributed by atoms with van der Waals surface area (Å²) in [5, 5.41) is 2.65. The van der Waals surface area contributed by atoms with Gasteiger partial charge in [-0.3, -0.25) is 9.78 Å². The lowest BCUT2D eigenvalue weighted by Crippen LogP contribution is -2.36. The minimum Gasteiger partial charge on any atom is -0.469 e. The highest BCUT2D eigenvalue weighted by atomic mass is 16.6. The Morgan fingerprint density at radius 3 is 2.60 bits per heavy atom. The fourth-order valence-corrected chi connectivity index (χ4v) is 1.53. The number of hydrogen-bond donors (Lipinski definition) is 1. The third kappa shape index (κ3) is 5.69. The second-order valence-electron chi connectivity index (χ2n) is 5.27. The predicted molar refractivity (Wildman–Crippen MR) is 73.0 cm³/mol. The van der Waals surface area contributed by atoms with Gasteiger partial charge in [-0.2, -0.15) is 0 Å². The molecule has 6 nitrogen and oxygen atoms in total. The van der Waals surface area contributed by atoms with Crippen LogP contribution in [0.2, 0.25) is 0 Å². The third-order valence-corrected chi connectivity index (χ3v) is 2.38. The van der Waals surface area contributed by atoms with E-state index in [1.54, 1.807) is 45.3 Å². The van der Waals surface area contributed by atoms with E-state index in [0.29, 0.717) is 5.56 Å². The van der Waals surface area contributed by atoms with Crippen molar-refractivity contribution in [3.05, 3.63) is 30.1 Å². The van der Waals surface area contributed by atoms with Gasteiger partial charge in [0.1, 0.15) is 5.60 Å². The number of amides is 1. The molecule has 1 amide bonds. The average Bonchev–Trinajstić information content (AvgIpc) is 2.36. The highest BCUT2D eigenvalue weighted by Crippen LogP contribution is 2.17. The Bertz CT molecular complexity index is 454. The van der Waals surface area contributed by atoms with Crippen LogP contribution in [0.1, 0.15) is 38.8 Å². The zero-order valence-electron chi connectivity index (χ0n) is 12.2. The van der Waals surface area contributed by atoms with Gasteiger partial charge in [-0.25, -0.2) is 4.79 Å². The van der Waals surface area contributed by atoms with Crippen LogP contribution in [0.3, 0.4) is 0 Å². The fourth-order valence-electron chi connectivity index (χ4n) is 1.53. The van der Waals surface area contributed by atoms with Crippen LogP contribution in [0.15, 0.2) is 24.5 Å². The van der Waals surface area contributed by atoms with E-state index in [0.717, 1.165) is 0 Å². The Hall–Kier alpha value is -2.11. The molecule has 0 spiro atoms. The summed E-state index contributed by atoms with van der Waals surface area (Å²) in [4.78, 5) is 27.2. The van der Waals surface area contributed by atoms with Crippen molar-refractivity contribution < 1.29 is 19.1 Å². The Kier molecular flexibility index (Phi) is 5.49. The molecule has 1 rings (SSSR count). The number of hydrogen-bond acceptors (Lipinski definition) is 5. The van der Waals surface area contributed by atoms with Crippen LogP contribution >= 0.6 is 0 Å². The van der Waals surface area contributed by atoms with E-state index in [2.05, 4.69) is 15.0 Å². The van der Waals surface area contributed by atoms with Gasteiger partial charge in [0, 0.05) is 12.4 Å². The van der Waals surface area contributed by atoms with E-state index in [1.165, 1.54) is 7.11 Å². The SMILES string of the molecule is COC(=O)C[C@H](NC(=O)OC(C)(C)C)c1cccnc1. The van der Waals surface area contributed by atoms with Gasteiger partial charge in [0.15, 0.2) is 0 Å². The van der Waals surface area contributed by atoms with Crippen molar-refractivity contribution in [3.63, 3.8) is 0 Å². The molecule has 0 saturated heterocycles. The number of carbonyl (C=O) groups is 2. The van der Waals surface area contributed by atoms with Crippen LogP contribution in [-0.2, 0) is 14.3 Å². The normalized spacial score (nSPS) is 12.4. The Labute approximate surface area is 118 Å². The third-order valence-electron chi connectivity index (χ3n) is 2.38. The van der Waals surface area contributed by atoms with Gasteiger partial charge >= 0.3 is 12.1 Å². The van der Waals surface area contributed by atoms with Crippen LogP contribution in [-0.4, -0.2) is 29.8 Å². The molecule has 0 aliphatic carbocycles. The van der Waals surface area contributed by atoms with E-state index in [-0.39, 0.29) is 6.42 Å². The minimum atomic E-state index is -0.602. The molecule has 0 fully saturated rings.